The lowest BCUT2D eigenvalue weighted by atomic mass is 10.2. The van der Waals surface area contributed by atoms with Crippen LogP contribution in [0.2, 0.25) is 5.15 Å². The molecule has 0 saturated carbocycles. The number of amides is 1. The van der Waals surface area contributed by atoms with Crippen molar-refractivity contribution in [3.05, 3.63) is 35.9 Å². The smallest absolute Gasteiger partial charge is 0.234 e. The summed E-state index contributed by atoms with van der Waals surface area (Å²) in [7, 11) is 0. The Morgan fingerprint density at radius 2 is 2.16 bits per heavy atom. The first kappa shape index (κ1) is 19.8. The van der Waals surface area contributed by atoms with E-state index in [0.717, 1.165) is 5.69 Å². The molecule has 2 rings (SSSR count). The van der Waals surface area contributed by atoms with E-state index in [4.69, 9.17) is 11.6 Å². The van der Waals surface area contributed by atoms with Crippen molar-refractivity contribution < 1.29 is 9.35 Å². The predicted molar refractivity (Wildman–Crippen MR) is 102 cm³/mol. The largest absolute Gasteiger partial charge is 0.616 e. The van der Waals surface area contributed by atoms with E-state index in [0.29, 0.717) is 18.0 Å². The number of carbonyl (C=O) groups excluding carboxylic acids is 1. The summed E-state index contributed by atoms with van der Waals surface area (Å²) in [6.45, 7) is 7.90. The molecule has 0 aliphatic heterocycles. The van der Waals surface area contributed by atoms with Crippen molar-refractivity contribution in [3.63, 3.8) is 0 Å². The molecule has 2 atom stereocenters. The van der Waals surface area contributed by atoms with Gasteiger partial charge >= 0.3 is 0 Å². The van der Waals surface area contributed by atoms with Gasteiger partial charge in [-0.1, -0.05) is 22.8 Å². The fraction of sp³-hybridized carbons (Fsp3) is 0.471. The van der Waals surface area contributed by atoms with E-state index in [1.165, 1.54) is 0 Å². The second-order valence-electron chi connectivity index (χ2n) is 6.04. The third-order valence-corrected chi connectivity index (χ3v) is 5.95. The van der Waals surface area contributed by atoms with Gasteiger partial charge in [0.2, 0.25) is 5.91 Å². The van der Waals surface area contributed by atoms with Crippen LogP contribution in [0, 0.1) is 5.92 Å². The van der Waals surface area contributed by atoms with Crippen molar-refractivity contribution in [3.8, 4) is 5.69 Å². The summed E-state index contributed by atoms with van der Waals surface area (Å²) in [6, 6.07) is 3.66. The molecule has 0 fully saturated rings. The van der Waals surface area contributed by atoms with Gasteiger partial charge in [-0.25, -0.2) is 4.68 Å². The Balaban J connectivity index is 2.23. The number of halogens is 1. The molecular weight excluding hydrogens is 360 g/mol. The number of hydrogen-bond acceptors (Lipinski definition) is 4. The van der Waals surface area contributed by atoms with Gasteiger partial charge in [0.05, 0.1) is 24.0 Å². The first-order chi connectivity index (χ1) is 11.8. The first-order valence-corrected chi connectivity index (χ1v) is 9.95. The maximum atomic E-state index is 12.8. The number of nitrogens with zero attached hydrogens (tertiary/aromatic N) is 4. The van der Waals surface area contributed by atoms with Gasteiger partial charge in [-0.3, -0.25) is 9.78 Å². The summed E-state index contributed by atoms with van der Waals surface area (Å²) in [5.41, 5.74) is 1.30. The van der Waals surface area contributed by atoms with Crippen molar-refractivity contribution in [2.45, 2.75) is 32.9 Å². The Kier molecular flexibility index (Phi) is 6.87. The fourth-order valence-electron chi connectivity index (χ4n) is 2.37. The molecule has 136 valence electrons. The zero-order valence-electron chi connectivity index (χ0n) is 14.8. The van der Waals surface area contributed by atoms with Crippen molar-refractivity contribution >= 4 is 34.4 Å². The fourth-order valence-corrected chi connectivity index (χ4v) is 3.62. The minimum Gasteiger partial charge on any atom is -0.616 e. The van der Waals surface area contributed by atoms with Crippen molar-refractivity contribution in [2.75, 3.05) is 17.2 Å². The number of hydrogen-bond donors (Lipinski definition) is 0. The van der Waals surface area contributed by atoms with Gasteiger partial charge in [-0.15, -0.1) is 0 Å². The number of anilines is 1. The van der Waals surface area contributed by atoms with E-state index in [9.17, 15) is 9.35 Å². The zero-order valence-corrected chi connectivity index (χ0v) is 16.4. The van der Waals surface area contributed by atoms with Crippen molar-refractivity contribution in [1.82, 2.24) is 14.8 Å². The Bertz CT molecular complexity index is 708. The minimum absolute atomic E-state index is 0.0299. The molecule has 1 amide bonds. The lowest BCUT2D eigenvalue weighted by Crippen LogP contribution is -2.38. The molecule has 2 aromatic heterocycles. The van der Waals surface area contributed by atoms with Gasteiger partial charge < -0.3 is 9.45 Å². The van der Waals surface area contributed by atoms with Gasteiger partial charge in [-0.2, -0.15) is 5.10 Å². The summed E-state index contributed by atoms with van der Waals surface area (Å²) in [4.78, 5) is 18.5. The molecule has 2 aromatic rings. The maximum Gasteiger partial charge on any atom is 0.234 e. The minimum atomic E-state index is -1.04. The number of pyridine rings is 1. The molecule has 0 bridgehead atoms. The highest BCUT2D eigenvalue weighted by atomic mass is 35.5. The quantitative estimate of drug-likeness (QED) is 0.690. The van der Waals surface area contributed by atoms with Gasteiger partial charge in [0, 0.05) is 12.7 Å². The van der Waals surface area contributed by atoms with Crippen LogP contribution in [-0.2, 0) is 16.0 Å². The highest BCUT2D eigenvalue weighted by Gasteiger charge is 2.28. The van der Waals surface area contributed by atoms with Crippen LogP contribution in [0.15, 0.2) is 30.7 Å². The average molecular weight is 383 g/mol. The third kappa shape index (κ3) is 4.74. The molecule has 8 heteroatoms. The van der Waals surface area contributed by atoms with Crippen molar-refractivity contribution in [2.24, 2.45) is 5.92 Å². The average Bonchev–Trinajstić information content (AvgIpc) is 2.97. The first-order valence-electron chi connectivity index (χ1n) is 8.19. The van der Waals surface area contributed by atoms with Crippen LogP contribution in [0.1, 0.15) is 27.7 Å². The Morgan fingerprint density at radius 1 is 1.44 bits per heavy atom. The summed E-state index contributed by atoms with van der Waals surface area (Å²) in [6.07, 6.45) is 5.06. The summed E-state index contributed by atoms with van der Waals surface area (Å²) < 4.78 is 13.6. The molecule has 0 aliphatic carbocycles. The normalized spacial score (nSPS) is 13.7. The van der Waals surface area contributed by atoms with Crippen LogP contribution < -0.4 is 4.90 Å². The molecule has 0 aliphatic rings. The second kappa shape index (κ2) is 8.69. The van der Waals surface area contributed by atoms with E-state index in [-0.39, 0.29) is 22.2 Å². The highest BCUT2D eigenvalue weighted by molar-refractivity contribution is 7.92. The second-order valence-corrected chi connectivity index (χ2v) is 8.44. The van der Waals surface area contributed by atoms with E-state index in [2.05, 4.69) is 10.1 Å². The molecule has 2 unspecified atom stereocenters. The third-order valence-electron chi connectivity index (χ3n) is 3.80. The Morgan fingerprint density at radius 3 is 2.72 bits per heavy atom. The zero-order chi connectivity index (χ0) is 18.6. The molecule has 6 nitrogen and oxygen atoms in total. The Labute approximate surface area is 156 Å². The van der Waals surface area contributed by atoms with Crippen LogP contribution in [0.4, 0.5) is 5.69 Å². The summed E-state index contributed by atoms with van der Waals surface area (Å²) in [5.74, 6) is -0.133. The molecule has 0 radical (unpaired) electrons. The molecule has 0 N–H and O–H groups in total. The van der Waals surface area contributed by atoms with E-state index in [1.807, 2.05) is 26.8 Å². The Hall–Kier alpha value is -1.57. The summed E-state index contributed by atoms with van der Waals surface area (Å²) in [5, 5.41) is 4.55. The van der Waals surface area contributed by atoms with Crippen molar-refractivity contribution in [1.29, 1.82) is 0 Å². The monoisotopic (exact) mass is 382 g/mol. The van der Waals surface area contributed by atoms with Crippen LogP contribution in [0.5, 0.6) is 0 Å². The molecule has 0 spiro atoms. The molecule has 0 aromatic carbocycles. The summed E-state index contributed by atoms with van der Waals surface area (Å²) >= 11 is 5.23. The number of rotatable bonds is 7. The van der Waals surface area contributed by atoms with Gasteiger partial charge in [0.1, 0.15) is 16.7 Å². The lowest BCUT2D eigenvalue weighted by Gasteiger charge is -2.25. The number of aromatic nitrogens is 3. The standard InChI is InChI=1S/C17H23ClN4O2S/c1-5-21(17(23)13(4)11-25(24)12(2)3)15-10-22(20-16(15)18)14-7-6-8-19-9-14/h6-10,12-13H,5,11H2,1-4H3. The maximum absolute atomic E-state index is 12.8. The highest BCUT2D eigenvalue weighted by Crippen LogP contribution is 2.27. The van der Waals surface area contributed by atoms with Gasteiger partial charge in [-0.05, 0) is 39.8 Å². The van der Waals surface area contributed by atoms with E-state index < -0.39 is 11.2 Å². The topological polar surface area (TPSA) is 74.1 Å². The van der Waals surface area contributed by atoms with Gasteiger partial charge in [0.25, 0.3) is 0 Å². The molecule has 2 heterocycles. The van der Waals surface area contributed by atoms with Crippen LogP contribution in [0.25, 0.3) is 5.69 Å². The van der Waals surface area contributed by atoms with Gasteiger partial charge in [0.15, 0.2) is 5.15 Å². The van der Waals surface area contributed by atoms with Crippen LogP contribution >= 0.6 is 11.6 Å². The SMILES string of the molecule is CCN(C(=O)C(C)C[S+]([O-])C(C)C)c1cn(-c2cccnc2)nc1Cl. The van der Waals surface area contributed by atoms with E-state index >= 15 is 0 Å². The molecular formula is C17H23ClN4O2S. The molecule has 0 saturated heterocycles. The van der Waals surface area contributed by atoms with Crippen LogP contribution in [0.3, 0.4) is 0 Å². The lowest BCUT2D eigenvalue weighted by molar-refractivity contribution is -0.121. The molecule has 25 heavy (non-hydrogen) atoms. The number of carbonyl (C=O) groups is 1. The van der Waals surface area contributed by atoms with E-state index in [1.54, 1.807) is 41.2 Å². The predicted octanol–water partition coefficient (Wildman–Crippen LogP) is 3.07. The van der Waals surface area contributed by atoms with Crippen LogP contribution in [-0.4, -0.2) is 42.8 Å².